The number of piperidine rings is 1. The van der Waals surface area contributed by atoms with Crippen molar-refractivity contribution in [1.29, 1.82) is 5.26 Å². The number of carbonyl (C=O) groups is 1. The average molecular weight is 305 g/mol. The number of anilines is 2. The second-order valence-electron chi connectivity index (χ2n) is 5.89. The van der Waals surface area contributed by atoms with E-state index in [1.165, 1.54) is 11.3 Å². The molecule has 1 saturated carbocycles. The molecule has 0 radical (unpaired) electrons. The zero-order valence-corrected chi connectivity index (χ0v) is 12.7. The summed E-state index contributed by atoms with van der Waals surface area (Å²) in [6, 6.07) is 2.16. The van der Waals surface area contributed by atoms with Gasteiger partial charge in [0.1, 0.15) is 16.6 Å². The van der Waals surface area contributed by atoms with Crippen LogP contribution in [0.15, 0.2) is 0 Å². The highest BCUT2D eigenvalue weighted by Crippen LogP contribution is 2.43. The minimum Gasteiger partial charge on any atom is -0.396 e. The van der Waals surface area contributed by atoms with Gasteiger partial charge in [-0.1, -0.05) is 0 Å². The van der Waals surface area contributed by atoms with Gasteiger partial charge in [0.25, 0.3) is 0 Å². The topological polar surface area (TPSA) is 90.4 Å². The van der Waals surface area contributed by atoms with Gasteiger partial charge in [0, 0.05) is 25.6 Å². The van der Waals surface area contributed by atoms with Crippen LogP contribution in [-0.2, 0) is 0 Å². The van der Waals surface area contributed by atoms with Crippen LogP contribution in [0.5, 0.6) is 0 Å². The Morgan fingerprint density at radius 3 is 2.57 bits per heavy atom. The Bertz CT molecular complexity index is 593. The number of nitriles is 1. The molecular weight excluding hydrogens is 286 g/mol. The molecular formula is C15H19N3O2S. The molecule has 1 aromatic heterocycles. The van der Waals surface area contributed by atoms with E-state index in [1.54, 1.807) is 0 Å². The molecule has 1 saturated heterocycles. The van der Waals surface area contributed by atoms with Crippen molar-refractivity contribution in [3.8, 4) is 6.07 Å². The van der Waals surface area contributed by atoms with E-state index < -0.39 is 0 Å². The molecule has 0 bridgehead atoms. The lowest BCUT2D eigenvalue weighted by Gasteiger charge is -2.31. The van der Waals surface area contributed by atoms with Crippen molar-refractivity contribution in [2.45, 2.75) is 25.7 Å². The average Bonchev–Trinajstić information content (AvgIpc) is 3.30. The molecule has 2 heterocycles. The molecule has 6 heteroatoms. The Labute approximate surface area is 128 Å². The lowest BCUT2D eigenvalue weighted by molar-refractivity contribution is 0.0972. The molecule has 0 amide bonds. The summed E-state index contributed by atoms with van der Waals surface area (Å²) < 4.78 is 0. The van der Waals surface area contributed by atoms with E-state index in [1.807, 2.05) is 0 Å². The quantitative estimate of drug-likeness (QED) is 0.830. The van der Waals surface area contributed by atoms with Crippen molar-refractivity contribution in [1.82, 2.24) is 0 Å². The van der Waals surface area contributed by atoms with Crippen LogP contribution in [0.2, 0.25) is 0 Å². The fourth-order valence-corrected chi connectivity index (χ4v) is 4.04. The number of aliphatic hydroxyl groups excluding tert-OH is 1. The molecule has 21 heavy (non-hydrogen) atoms. The van der Waals surface area contributed by atoms with E-state index in [4.69, 9.17) is 5.73 Å². The fraction of sp³-hybridized carbons (Fsp3) is 0.600. The summed E-state index contributed by atoms with van der Waals surface area (Å²) in [5, 5.41) is 19.4. The molecule has 0 atom stereocenters. The Hall–Kier alpha value is -1.58. The summed E-state index contributed by atoms with van der Waals surface area (Å²) in [4.78, 5) is 15.0. The molecule has 5 nitrogen and oxygen atoms in total. The van der Waals surface area contributed by atoms with Crippen LogP contribution in [0.4, 0.5) is 10.7 Å². The third-order valence-corrected chi connectivity index (χ3v) is 5.65. The van der Waals surface area contributed by atoms with Gasteiger partial charge < -0.3 is 15.7 Å². The van der Waals surface area contributed by atoms with E-state index in [9.17, 15) is 15.2 Å². The van der Waals surface area contributed by atoms with Crippen molar-refractivity contribution in [2.75, 3.05) is 30.3 Å². The number of nitrogen functional groups attached to an aromatic ring is 1. The number of hydrogen-bond donors (Lipinski definition) is 2. The largest absolute Gasteiger partial charge is 0.396 e. The molecule has 3 rings (SSSR count). The number of Topliss-reactive ketones (excluding diaryl/α,β-unsaturated/α-hetero) is 1. The van der Waals surface area contributed by atoms with E-state index in [2.05, 4.69) is 11.0 Å². The smallest absolute Gasteiger partial charge is 0.178 e. The number of carbonyl (C=O) groups excluding carboxylic acids is 1. The van der Waals surface area contributed by atoms with Gasteiger partial charge in [0.2, 0.25) is 0 Å². The number of nitrogens with two attached hydrogens (primary N) is 1. The normalized spacial score (nSPS) is 19.5. The number of aliphatic hydroxyl groups is 1. The van der Waals surface area contributed by atoms with Gasteiger partial charge >= 0.3 is 0 Å². The molecule has 1 aliphatic carbocycles. The Balaban J connectivity index is 1.86. The first-order valence-corrected chi connectivity index (χ1v) is 8.19. The molecule has 112 valence electrons. The molecule has 1 aliphatic heterocycles. The first-order chi connectivity index (χ1) is 10.2. The lowest BCUT2D eigenvalue weighted by Crippen LogP contribution is -2.34. The van der Waals surface area contributed by atoms with Crippen LogP contribution in [0.25, 0.3) is 0 Å². The maximum Gasteiger partial charge on any atom is 0.178 e. The summed E-state index contributed by atoms with van der Waals surface area (Å²) in [7, 11) is 0. The third-order valence-electron chi connectivity index (χ3n) is 4.37. The van der Waals surface area contributed by atoms with Gasteiger partial charge in [0.05, 0.1) is 10.6 Å². The van der Waals surface area contributed by atoms with E-state index in [0.29, 0.717) is 22.0 Å². The minimum absolute atomic E-state index is 0.102. The highest BCUT2D eigenvalue weighted by atomic mass is 32.1. The van der Waals surface area contributed by atoms with Gasteiger partial charge in [-0.25, -0.2) is 0 Å². The first kappa shape index (κ1) is 14.4. The predicted octanol–water partition coefficient (Wildman–Crippen LogP) is 2.00. The number of nitrogens with zero attached hydrogens (tertiary/aromatic N) is 2. The van der Waals surface area contributed by atoms with Gasteiger partial charge in [0.15, 0.2) is 5.78 Å². The number of thiophene rings is 1. The lowest BCUT2D eigenvalue weighted by atomic mass is 9.98. The molecule has 2 fully saturated rings. The first-order valence-electron chi connectivity index (χ1n) is 7.38. The van der Waals surface area contributed by atoms with Crippen molar-refractivity contribution >= 4 is 27.8 Å². The van der Waals surface area contributed by atoms with Crippen molar-refractivity contribution in [3.63, 3.8) is 0 Å². The third kappa shape index (κ3) is 2.63. The summed E-state index contributed by atoms with van der Waals surface area (Å²) in [6.45, 7) is 1.82. The number of hydrogen-bond acceptors (Lipinski definition) is 6. The van der Waals surface area contributed by atoms with E-state index in [-0.39, 0.29) is 18.3 Å². The van der Waals surface area contributed by atoms with Crippen molar-refractivity contribution in [2.24, 2.45) is 11.8 Å². The molecule has 0 spiro atoms. The monoisotopic (exact) mass is 305 g/mol. The summed E-state index contributed by atoms with van der Waals surface area (Å²) >= 11 is 1.37. The second kappa shape index (κ2) is 5.66. The SMILES string of the molecule is N#Cc1c(N2CCC(CO)CC2)sc(C(=O)C2CC2)c1N. The molecule has 0 aromatic carbocycles. The number of rotatable bonds is 4. The van der Waals surface area contributed by atoms with Gasteiger partial charge in [-0.15, -0.1) is 11.3 Å². The van der Waals surface area contributed by atoms with Gasteiger partial charge in [-0.05, 0) is 31.6 Å². The van der Waals surface area contributed by atoms with Crippen LogP contribution in [0.1, 0.15) is 40.9 Å². The van der Waals surface area contributed by atoms with Gasteiger partial charge in [-0.2, -0.15) is 5.26 Å². The standard InChI is InChI=1S/C15H19N3O2S/c16-7-11-12(17)14(13(20)10-1-2-10)21-15(11)18-5-3-9(8-19)4-6-18/h9-10,19H,1-6,8,17H2. The summed E-state index contributed by atoms with van der Waals surface area (Å²) in [6.07, 6.45) is 3.70. The second-order valence-corrected chi connectivity index (χ2v) is 6.89. The highest BCUT2D eigenvalue weighted by Gasteiger charge is 2.35. The van der Waals surface area contributed by atoms with E-state index in [0.717, 1.165) is 43.8 Å². The molecule has 0 unspecified atom stereocenters. The van der Waals surface area contributed by atoms with Crippen LogP contribution >= 0.6 is 11.3 Å². The van der Waals surface area contributed by atoms with Crippen LogP contribution < -0.4 is 10.6 Å². The van der Waals surface area contributed by atoms with Crippen LogP contribution in [0, 0.1) is 23.2 Å². The van der Waals surface area contributed by atoms with Crippen molar-refractivity contribution in [3.05, 3.63) is 10.4 Å². The molecule has 3 N–H and O–H groups in total. The predicted molar refractivity (Wildman–Crippen MR) is 82.5 cm³/mol. The van der Waals surface area contributed by atoms with E-state index >= 15 is 0 Å². The summed E-state index contributed by atoms with van der Waals surface area (Å²) in [5.74, 6) is 0.563. The highest BCUT2D eigenvalue weighted by molar-refractivity contribution is 7.19. The minimum atomic E-state index is 0.102. The maximum absolute atomic E-state index is 12.3. The summed E-state index contributed by atoms with van der Waals surface area (Å²) in [5.41, 5.74) is 6.85. The maximum atomic E-state index is 12.3. The fourth-order valence-electron chi connectivity index (χ4n) is 2.79. The van der Waals surface area contributed by atoms with Crippen LogP contribution in [0.3, 0.4) is 0 Å². The number of ketones is 1. The zero-order valence-electron chi connectivity index (χ0n) is 11.8. The Kier molecular flexibility index (Phi) is 3.87. The van der Waals surface area contributed by atoms with Crippen LogP contribution in [-0.4, -0.2) is 30.6 Å². The van der Waals surface area contributed by atoms with Crippen molar-refractivity contribution < 1.29 is 9.90 Å². The van der Waals surface area contributed by atoms with Gasteiger partial charge in [-0.3, -0.25) is 4.79 Å². The Morgan fingerprint density at radius 2 is 2.05 bits per heavy atom. The zero-order chi connectivity index (χ0) is 15.0. The Morgan fingerprint density at radius 1 is 1.38 bits per heavy atom. The molecule has 1 aromatic rings. The molecule has 2 aliphatic rings.